The zero-order valence-electron chi connectivity index (χ0n) is 13.5. The molecule has 1 atom stereocenters. The van der Waals surface area contributed by atoms with Gasteiger partial charge in [0.15, 0.2) is 0 Å². The van der Waals surface area contributed by atoms with Gasteiger partial charge in [-0.1, -0.05) is 38.5 Å². The Labute approximate surface area is 139 Å². The molecule has 0 spiro atoms. The minimum Gasteiger partial charge on any atom is -0.392 e. The van der Waals surface area contributed by atoms with Crippen LogP contribution in [0.15, 0.2) is 0 Å². The molecule has 22 heavy (non-hydrogen) atoms. The summed E-state index contributed by atoms with van der Waals surface area (Å²) in [5.41, 5.74) is -1.33. The van der Waals surface area contributed by atoms with Crippen LogP contribution >= 0.6 is 21.8 Å². The lowest BCUT2D eigenvalue weighted by molar-refractivity contribution is -0.150. The van der Waals surface area contributed by atoms with Crippen LogP contribution in [0.3, 0.4) is 0 Å². The van der Waals surface area contributed by atoms with Gasteiger partial charge in [-0.15, -0.1) is 0 Å². The molecule has 1 unspecified atom stereocenters. The first-order valence-electron chi connectivity index (χ1n) is 6.89. The standard InChI is InChI=1S/C13H27N3O4S2/c1-12(2,7-10(18)20-14)11(19)13(3,4)8-16-9(17)5-6-21-22-15/h11,19H,5-8,14-15H2,1-4H3,(H,16,17). The van der Waals surface area contributed by atoms with E-state index in [1.54, 1.807) is 13.8 Å². The van der Waals surface area contributed by atoms with Gasteiger partial charge in [0.2, 0.25) is 5.91 Å². The molecule has 0 saturated heterocycles. The van der Waals surface area contributed by atoms with E-state index in [1.807, 2.05) is 13.8 Å². The average molecular weight is 354 g/mol. The Balaban J connectivity index is 4.51. The lowest BCUT2D eigenvalue weighted by atomic mass is 9.70. The molecular weight excluding hydrogens is 326 g/mol. The minimum atomic E-state index is -0.826. The third kappa shape index (κ3) is 7.68. The predicted octanol–water partition coefficient (Wildman–Crippen LogP) is 0.968. The Morgan fingerprint density at radius 3 is 2.36 bits per heavy atom. The fraction of sp³-hybridized carbons (Fsp3) is 0.846. The molecule has 0 aliphatic rings. The van der Waals surface area contributed by atoms with Crippen LogP contribution in [0.25, 0.3) is 0 Å². The summed E-state index contributed by atoms with van der Waals surface area (Å²) in [6.07, 6.45) is -0.468. The summed E-state index contributed by atoms with van der Waals surface area (Å²) in [7, 11) is 2.54. The fourth-order valence-electron chi connectivity index (χ4n) is 2.26. The molecule has 0 heterocycles. The van der Waals surface area contributed by atoms with Crippen molar-refractivity contribution in [1.29, 1.82) is 0 Å². The number of hydrogen-bond acceptors (Lipinski definition) is 8. The molecule has 0 aromatic heterocycles. The van der Waals surface area contributed by atoms with Gasteiger partial charge in [0.25, 0.3) is 0 Å². The number of carbonyl (C=O) groups excluding carboxylic acids is 2. The largest absolute Gasteiger partial charge is 0.392 e. The van der Waals surface area contributed by atoms with Crippen LogP contribution in [0.4, 0.5) is 0 Å². The van der Waals surface area contributed by atoms with Crippen molar-refractivity contribution in [1.82, 2.24) is 5.32 Å². The van der Waals surface area contributed by atoms with Crippen molar-refractivity contribution in [3.63, 3.8) is 0 Å². The second-order valence-corrected chi connectivity index (χ2v) is 8.61. The molecule has 130 valence electrons. The van der Waals surface area contributed by atoms with Gasteiger partial charge >= 0.3 is 5.97 Å². The Hall–Kier alpha value is -0.480. The number of nitrogens with two attached hydrogens (primary N) is 2. The van der Waals surface area contributed by atoms with Crippen molar-refractivity contribution in [2.45, 2.75) is 46.6 Å². The van der Waals surface area contributed by atoms with E-state index in [4.69, 9.17) is 11.0 Å². The summed E-state index contributed by atoms with van der Waals surface area (Å²) < 4.78 is 0. The Morgan fingerprint density at radius 1 is 1.27 bits per heavy atom. The Morgan fingerprint density at radius 2 is 1.86 bits per heavy atom. The summed E-state index contributed by atoms with van der Waals surface area (Å²) in [6.45, 7) is 7.48. The monoisotopic (exact) mass is 353 g/mol. The third-order valence-electron chi connectivity index (χ3n) is 3.43. The second kappa shape index (κ2) is 9.61. The van der Waals surface area contributed by atoms with E-state index < -0.39 is 22.9 Å². The normalized spacial score (nSPS) is 13.6. The highest BCUT2D eigenvalue weighted by Crippen LogP contribution is 2.36. The van der Waals surface area contributed by atoms with Gasteiger partial charge in [0, 0.05) is 29.5 Å². The van der Waals surface area contributed by atoms with Gasteiger partial charge < -0.3 is 15.3 Å². The summed E-state index contributed by atoms with van der Waals surface area (Å²) >= 11 is 0. The fourth-order valence-corrected chi connectivity index (χ4v) is 3.17. The van der Waals surface area contributed by atoms with Crippen LogP contribution in [-0.4, -0.2) is 35.4 Å². The molecular formula is C13H27N3O4S2. The molecule has 0 fully saturated rings. The first-order valence-corrected chi connectivity index (χ1v) is 9.27. The summed E-state index contributed by atoms with van der Waals surface area (Å²) in [6, 6.07) is 0. The van der Waals surface area contributed by atoms with Crippen LogP contribution in [0.1, 0.15) is 40.5 Å². The van der Waals surface area contributed by atoms with Crippen molar-refractivity contribution >= 4 is 33.7 Å². The van der Waals surface area contributed by atoms with Gasteiger partial charge in [0.05, 0.1) is 12.5 Å². The zero-order valence-corrected chi connectivity index (χ0v) is 15.2. The van der Waals surface area contributed by atoms with Crippen LogP contribution in [-0.2, 0) is 14.4 Å². The van der Waals surface area contributed by atoms with Crippen molar-refractivity contribution in [3.05, 3.63) is 0 Å². The number of aliphatic hydroxyl groups is 1. The maximum absolute atomic E-state index is 11.7. The van der Waals surface area contributed by atoms with Crippen molar-refractivity contribution < 1.29 is 19.5 Å². The summed E-state index contributed by atoms with van der Waals surface area (Å²) in [4.78, 5) is 27.2. The number of rotatable bonds is 10. The topological polar surface area (TPSA) is 128 Å². The van der Waals surface area contributed by atoms with E-state index in [-0.39, 0.29) is 12.3 Å². The second-order valence-electron chi connectivity index (χ2n) is 6.49. The van der Waals surface area contributed by atoms with Crippen LogP contribution in [0, 0.1) is 10.8 Å². The van der Waals surface area contributed by atoms with Crippen LogP contribution in [0.2, 0.25) is 0 Å². The molecule has 0 bridgehead atoms. The van der Waals surface area contributed by atoms with E-state index in [0.717, 1.165) is 11.0 Å². The molecule has 0 aliphatic carbocycles. The number of aliphatic hydroxyl groups excluding tert-OH is 1. The maximum Gasteiger partial charge on any atom is 0.325 e. The Kier molecular flexibility index (Phi) is 9.40. The summed E-state index contributed by atoms with van der Waals surface area (Å²) in [5, 5.41) is 18.6. The quantitative estimate of drug-likeness (QED) is 0.198. The molecule has 0 aromatic rings. The Bertz CT molecular complexity index is 378. The van der Waals surface area contributed by atoms with Crippen molar-refractivity contribution in [2.75, 3.05) is 12.3 Å². The molecule has 0 aliphatic heterocycles. The van der Waals surface area contributed by atoms with E-state index in [9.17, 15) is 14.7 Å². The minimum absolute atomic E-state index is 0.00753. The predicted molar refractivity (Wildman–Crippen MR) is 90.3 cm³/mol. The van der Waals surface area contributed by atoms with E-state index in [2.05, 4.69) is 10.2 Å². The molecule has 0 radical (unpaired) electrons. The lowest BCUT2D eigenvalue weighted by Crippen LogP contribution is -2.48. The van der Waals surface area contributed by atoms with E-state index >= 15 is 0 Å². The lowest BCUT2D eigenvalue weighted by Gasteiger charge is -2.40. The molecule has 6 N–H and O–H groups in total. The first kappa shape index (κ1) is 21.5. The first-order chi connectivity index (χ1) is 10.1. The highest BCUT2D eigenvalue weighted by molar-refractivity contribution is 8.75. The van der Waals surface area contributed by atoms with E-state index in [0.29, 0.717) is 18.7 Å². The molecule has 0 aromatic carbocycles. The molecule has 0 saturated carbocycles. The van der Waals surface area contributed by atoms with Crippen LogP contribution < -0.4 is 16.4 Å². The number of nitrogens with one attached hydrogen (secondary N) is 1. The van der Waals surface area contributed by atoms with Crippen LogP contribution in [0.5, 0.6) is 0 Å². The SMILES string of the molecule is CC(C)(CNC(=O)CCSSN)C(O)C(C)(C)CC(=O)ON. The molecule has 7 nitrogen and oxygen atoms in total. The maximum atomic E-state index is 11.7. The molecule has 1 amide bonds. The highest BCUT2D eigenvalue weighted by atomic mass is 33.1. The molecule has 9 heteroatoms. The van der Waals surface area contributed by atoms with Crippen molar-refractivity contribution in [3.8, 4) is 0 Å². The zero-order chi connectivity index (χ0) is 17.4. The number of hydrogen-bond donors (Lipinski definition) is 4. The smallest absolute Gasteiger partial charge is 0.325 e. The van der Waals surface area contributed by atoms with Gasteiger partial charge in [-0.2, -0.15) is 5.90 Å². The third-order valence-corrected chi connectivity index (χ3v) is 4.85. The highest BCUT2D eigenvalue weighted by Gasteiger charge is 2.41. The van der Waals surface area contributed by atoms with Gasteiger partial charge in [-0.3, -0.25) is 14.7 Å². The number of amides is 1. The van der Waals surface area contributed by atoms with Gasteiger partial charge in [-0.25, -0.2) is 0 Å². The van der Waals surface area contributed by atoms with Gasteiger partial charge in [-0.05, 0) is 11.0 Å². The molecule has 0 rings (SSSR count). The average Bonchev–Trinajstić information content (AvgIpc) is 2.44. The van der Waals surface area contributed by atoms with Crippen molar-refractivity contribution in [2.24, 2.45) is 21.9 Å². The summed E-state index contributed by atoms with van der Waals surface area (Å²) in [5.74, 6) is 4.79. The van der Waals surface area contributed by atoms with E-state index in [1.165, 1.54) is 10.8 Å². The van der Waals surface area contributed by atoms with Gasteiger partial charge in [0.1, 0.15) is 0 Å². The number of carbonyl (C=O) groups is 2.